The fourth-order valence-electron chi connectivity index (χ4n) is 5.46. The van der Waals surface area contributed by atoms with E-state index in [-0.39, 0.29) is 12.5 Å². The van der Waals surface area contributed by atoms with Gasteiger partial charge in [0.15, 0.2) is 0 Å². The molecule has 3 amide bonds. The van der Waals surface area contributed by atoms with Gasteiger partial charge in [-0.3, -0.25) is 24.6 Å². The van der Waals surface area contributed by atoms with Crippen molar-refractivity contribution < 1.29 is 23.5 Å². The number of hydrogen-bond acceptors (Lipinski definition) is 5. The largest absolute Gasteiger partial charge is 0.385 e. The molecule has 3 aliphatic rings. The summed E-state index contributed by atoms with van der Waals surface area (Å²) in [7, 11) is 1.56. The Morgan fingerprint density at radius 3 is 2.62 bits per heavy atom. The van der Waals surface area contributed by atoms with Gasteiger partial charge in [0.1, 0.15) is 11.4 Å². The van der Waals surface area contributed by atoms with Crippen molar-refractivity contribution in [3.05, 3.63) is 65.5 Å². The Hall–Kier alpha value is -3.10. The first-order chi connectivity index (χ1) is 15.5. The quantitative estimate of drug-likeness (QED) is 0.532. The third-order valence-corrected chi connectivity index (χ3v) is 6.80. The highest BCUT2D eigenvalue weighted by atomic mass is 19.1. The molecule has 7 nitrogen and oxygen atoms in total. The van der Waals surface area contributed by atoms with E-state index in [0.29, 0.717) is 30.7 Å². The van der Waals surface area contributed by atoms with Crippen molar-refractivity contribution in [1.82, 2.24) is 10.2 Å². The summed E-state index contributed by atoms with van der Waals surface area (Å²) in [5, 5.41) is 6.11. The molecule has 32 heavy (non-hydrogen) atoms. The fourth-order valence-corrected chi connectivity index (χ4v) is 5.46. The Labute approximate surface area is 184 Å². The Morgan fingerprint density at radius 1 is 1.09 bits per heavy atom. The Balaban J connectivity index is 1.59. The molecular weight excluding hydrogens is 413 g/mol. The number of nitrogens with one attached hydrogen (secondary N) is 2. The number of likely N-dealkylation sites (tertiary alicyclic amines) is 1. The SMILES string of the molecule is COCCCN1C(=O)[C@H]2[C@@H](C1=O)[C@@]1(N[C@@H]2Cc2ccccc2)C(=O)Nc2ccc(F)cc21. The summed E-state index contributed by atoms with van der Waals surface area (Å²) in [6.07, 6.45) is 0.973. The van der Waals surface area contributed by atoms with Gasteiger partial charge < -0.3 is 10.1 Å². The Kier molecular flexibility index (Phi) is 5.06. The number of anilines is 1. The zero-order valence-corrected chi connectivity index (χ0v) is 17.6. The average Bonchev–Trinajstić information content (AvgIpc) is 3.35. The standard InChI is InChI=1S/C24H24FN3O4/c1-32-11-5-10-28-21(29)19-18(12-14-6-3-2-4-7-14)27-24(20(19)22(28)30)16-13-15(25)8-9-17(16)26-23(24)31/h2-4,6-9,13,18-20,27H,5,10-12H2,1H3,(H,26,31)/t18-,19-,20+,24-/m1/s1. The highest BCUT2D eigenvalue weighted by Crippen LogP contribution is 2.53. The molecule has 3 aliphatic heterocycles. The molecule has 4 atom stereocenters. The highest BCUT2D eigenvalue weighted by Gasteiger charge is 2.70. The van der Waals surface area contributed by atoms with Crippen molar-refractivity contribution in [3.63, 3.8) is 0 Å². The minimum absolute atomic E-state index is 0.226. The molecule has 8 heteroatoms. The number of carbonyl (C=O) groups is 3. The summed E-state index contributed by atoms with van der Waals surface area (Å²) in [6, 6.07) is 13.2. The molecule has 2 saturated heterocycles. The number of nitrogens with zero attached hydrogens (tertiary/aromatic N) is 1. The molecule has 0 radical (unpaired) electrons. The summed E-state index contributed by atoms with van der Waals surface area (Å²) in [5.41, 5.74) is 0.343. The average molecular weight is 437 g/mol. The maximum absolute atomic E-state index is 14.2. The predicted octanol–water partition coefficient (Wildman–Crippen LogP) is 1.83. The summed E-state index contributed by atoms with van der Waals surface area (Å²) in [4.78, 5) is 41.6. The first-order valence-corrected chi connectivity index (χ1v) is 10.7. The van der Waals surface area contributed by atoms with Crippen LogP contribution in [-0.2, 0) is 31.1 Å². The van der Waals surface area contributed by atoms with Crippen LogP contribution in [0.1, 0.15) is 17.5 Å². The lowest BCUT2D eigenvalue weighted by Crippen LogP contribution is -2.53. The topological polar surface area (TPSA) is 87.7 Å². The Bertz CT molecular complexity index is 1090. The summed E-state index contributed by atoms with van der Waals surface area (Å²) < 4.78 is 19.3. The van der Waals surface area contributed by atoms with Crippen LogP contribution in [-0.4, -0.2) is 48.9 Å². The molecule has 0 bridgehead atoms. The van der Waals surface area contributed by atoms with Crippen LogP contribution in [0.25, 0.3) is 0 Å². The molecule has 2 fully saturated rings. The van der Waals surface area contributed by atoms with Crippen LogP contribution in [0, 0.1) is 17.7 Å². The van der Waals surface area contributed by atoms with Crippen LogP contribution in [0.4, 0.5) is 10.1 Å². The second-order valence-electron chi connectivity index (χ2n) is 8.57. The second kappa shape index (κ2) is 7.79. The number of hydrogen-bond donors (Lipinski definition) is 2. The number of imide groups is 1. The van der Waals surface area contributed by atoms with Gasteiger partial charge in [-0.25, -0.2) is 4.39 Å². The number of ether oxygens (including phenoxy) is 1. The van der Waals surface area contributed by atoms with Gasteiger partial charge in [0.2, 0.25) is 17.7 Å². The number of methoxy groups -OCH3 is 1. The van der Waals surface area contributed by atoms with Crippen molar-refractivity contribution in [2.24, 2.45) is 11.8 Å². The van der Waals surface area contributed by atoms with Gasteiger partial charge in [0.25, 0.3) is 0 Å². The van der Waals surface area contributed by atoms with Crippen molar-refractivity contribution >= 4 is 23.4 Å². The first-order valence-electron chi connectivity index (χ1n) is 10.7. The molecule has 0 aliphatic carbocycles. The number of fused-ring (bicyclic) bond motifs is 4. The lowest BCUT2D eigenvalue weighted by molar-refractivity contribution is -0.143. The van der Waals surface area contributed by atoms with Gasteiger partial charge in [-0.2, -0.15) is 0 Å². The van der Waals surface area contributed by atoms with Gasteiger partial charge in [-0.05, 0) is 36.6 Å². The van der Waals surface area contributed by atoms with Gasteiger partial charge in [-0.15, -0.1) is 0 Å². The summed E-state index contributed by atoms with van der Waals surface area (Å²) in [5.74, 6) is -3.27. The molecule has 0 aromatic heterocycles. The number of halogens is 1. The van der Waals surface area contributed by atoms with E-state index in [1.165, 1.54) is 23.1 Å². The van der Waals surface area contributed by atoms with E-state index in [1.54, 1.807) is 7.11 Å². The number of benzene rings is 2. The maximum atomic E-state index is 14.2. The van der Waals surface area contributed by atoms with Crippen LogP contribution in [0.15, 0.2) is 48.5 Å². The fraction of sp³-hybridized carbons (Fsp3) is 0.375. The van der Waals surface area contributed by atoms with E-state index in [2.05, 4.69) is 10.6 Å². The molecule has 5 rings (SSSR count). The molecule has 0 saturated carbocycles. The third kappa shape index (κ3) is 2.97. The lowest BCUT2D eigenvalue weighted by atomic mass is 9.76. The summed E-state index contributed by atoms with van der Waals surface area (Å²) in [6.45, 7) is 0.641. The van der Waals surface area contributed by atoms with E-state index < -0.39 is 41.0 Å². The van der Waals surface area contributed by atoms with Crippen molar-refractivity contribution in [1.29, 1.82) is 0 Å². The molecule has 2 aromatic carbocycles. The van der Waals surface area contributed by atoms with E-state index in [0.717, 1.165) is 5.56 Å². The van der Waals surface area contributed by atoms with Gasteiger partial charge in [0, 0.05) is 37.6 Å². The Morgan fingerprint density at radius 2 is 1.88 bits per heavy atom. The number of rotatable bonds is 6. The van der Waals surface area contributed by atoms with Gasteiger partial charge >= 0.3 is 0 Å². The van der Waals surface area contributed by atoms with Gasteiger partial charge in [-0.1, -0.05) is 30.3 Å². The minimum atomic E-state index is -1.48. The maximum Gasteiger partial charge on any atom is 0.250 e. The molecule has 2 N–H and O–H groups in total. The summed E-state index contributed by atoms with van der Waals surface area (Å²) >= 11 is 0. The zero-order chi connectivity index (χ0) is 22.5. The molecule has 2 aromatic rings. The lowest BCUT2D eigenvalue weighted by Gasteiger charge is -2.29. The smallest absolute Gasteiger partial charge is 0.250 e. The van der Waals surface area contributed by atoms with E-state index >= 15 is 0 Å². The van der Waals surface area contributed by atoms with Crippen molar-refractivity contribution in [2.75, 3.05) is 25.6 Å². The molecule has 0 unspecified atom stereocenters. The number of amides is 3. The second-order valence-corrected chi connectivity index (χ2v) is 8.57. The van der Waals surface area contributed by atoms with Crippen LogP contribution in [0.2, 0.25) is 0 Å². The van der Waals surface area contributed by atoms with E-state index in [4.69, 9.17) is 4.74 Å². The van der Waals surface area contributed by atoms with Crippen LogP contribution >= 0.6 is 0 Å². The molecular formula is C24H24FN3O4. The first kappa shape index (κ1) is 20.8. The van der Waals surface area contributed by atoms with E-state index in [9.17, 15) is 18.8 Å². The number of carbonyl (C=O) groups excluding carboxylic acids is 3. The van der Waals surface area contributed by atoms with Crippen LogP contribution in [0.3, 0.4) is 0 Å². The minimum Gasteiger partial charge on any atom is -0.385 e. The van der Waals surface area contributed by atoms with Crippen molar-refractivity contribution in [3.8, 4) is 0 Å². The van der Waals surface area contributed by atoms with Crippen LogP contribution < -0.4 is 10.6 Å². The highest BCUT2D eigenvalue weighted by molar-refractivity contribution is 6.15. The zero-order valence-electron chi connectivity index (χ0n) is 17.6. The normalized spacial score (nSPS) is 28.4. The third-order valence-electron chi connectivity index (χ3n) is 6.80. The monoisotopic (exact) mass is 437 g/mol. The molecule has 1 spiro atoms. The van der Waals surface area contributed by atoms with E-state index in [1.807, 2.05) is 30.3 Å². The van der Waals surface area contributed by atoms with Crippen molar-refractivity contribution in [2.45, 2.75) is 24.4 Å². The molecule has 166 valence electrons. The van der Waals surface area contributed by atoms with Crippen LogP contribution in [0.5, 0.6) is 0 Å². The predicted molar refractivity (Wildman–Crippen MR) is 114 cm³/mol. The van der Waals surface area contributed by atoms with Gasteiger partial charge in [0.05, 0.1) is 11.8 Å². The molecule has 3 heterocycles.